The maximum Gasteiger partial charge on any atom is 0.253 e. The second-order valence-electron chi connectivity index (χ2n) is 4.04. The first kappa shape index (κ1) is 12.0. The van der Waals surface area contributed by atoms with E-state index in [2.05, 4.69) is 20.9 Å². The van der Waals surface area contributed by atoms with E-state index in [1.807, 2.05) is 38.1 Å². The first-order valence-corrected chi connectivity index (χ1v) is 6.14. The predicted octanol–water partition coefficient (Wildman–Crippen LogP) is 2.67. The lowest BCUT2D eigenvalue weighted by atomic mass is 10.3. The van der Waals surface area contributed by atoms with Crippen LogP contribution in [0.4, 0.5) is 0 Å². The van der Waals surface area contributed by atoms with Crippen LogP contribution in [0.3, 0.4) is 0 Å². The largest absolute Gasteiger partial charge is 0.308 e. The van der Waals surface area contributed by atoms with E-state index in [1.165, 1.54) is 0 Å². The maximum atomic E-state index is 11.9. The van der Waals surface area contributed by atoms with E-state index in [4.69, 9.17) is 0 Å². The van der Waals surface area contributed by atoms with Crippen molar-refractivity contribution in [1.29, 1.82) is 0 Å². The third kappa shape index (κ3) is 2.82. The van der Waals surface area contributed by atoms with Crippen molar-refractivity contribution >= 4 is 15.9 Å². The van der Waals surface area contributed by atoms with Crippen LogP contribution in [0, 0.1) is 13.8 Å². The molecule has 0 aliphatic heterocycles. The van der Waals surface area contributed by atoms with Gasteiger partial charge in [0, 0.05) is 21.9 Å². The Labute approximate surface area is 108 Å². The Kier molecular flexibility index (Phi) is 3.43. The van der Waals surface area contributed by atoms with Crippen LogP contribution in [0.2, 0.25) is 0 Å². The van der Waals surface area contributed by atoms with Crippen LogP contribution in [0.15, 0.2) is 39.7 Å². The molecule has 0 amide bonds. The highest BCUT2D eigenvalue weighted by atomic mass is 79.9. The lowest BCUT2D eigenvalue weighted by Crippen LogP contribution is -2.22. The minimum Gasteiger partial charge on any atom is -0.308 e. The van der Waals surface area contributed by atoms with Crippen molar-refractivity contribution in [2.45, 2.75) is 20.4 Å². The van der Waals surface area contributed by atoms with Crippen LogP contribution in [-0.4, -0.2) is 9.55 Å². The minimum absolute atomic E-state index is 0.0245. The van der Waals surface area contributed by atoms with Gasteiger partial charge in [0.25, 0.3) is 5.56 Å². The zero-order chi connectivity index (χ0) is 12.4. The first-order valence-electron chi connectivity index (χ1n) is 5.35. The summed E-state index contributed by atoms with van der Waals surface area (Å²) in [5.41, 5.74) is 2.61. The van der Waals surface area contributed by atoms with Gasteiger partial charge in [-0.2, -0.15) is 0 Å². The highest BCUT2D eigenvalue weighted by Gasteiger charge is 2.03. The summed E-state index contributed by atoms with van der Waals surface area (Å²) in [4.78, 5) is 16.3. The predicted molar refractivity (Wildman–Crippen MR) is 71.2 cm³/mol. The number of aromatic nitrogens is 2. The minimum atomic E-state index is 0.0245. The van der Waals surface area contributed by atoms with E-state index in [0.717, 1.165) is 21.4 Å². The van der Waals surface area contributed by atoms with Crippen LogP contribution in [0.1, 0.15) is 17.0 Å². The molecule has 2 rings (SSSR count). The molecule has 2 heterocycles. The van der Waals surface area contributed by atoms with Gasteiger partial charge in [-0.25, -0.2) is 0 Å². The number of hydrogen-bond acceptors (Lipinski definition) is 2. The SMILES string of the molecule is Cc1cccc(Cn2cc(Br)cc(C)c2=O)n1. The molecule has 4 heteroatoms. The summed E-state index contributed by atoms with van der Waals surface area (Å²) in [5, 5.41) is 0. The van der Waals surface area contributed by atoms with E-state index >= 15 is 0 Å². The van der Waals surface area contributed by atoms with Gasteiger partial charge in [0.05, 0.1) is 12.2 Å². The fraction of sp³-hybridized carbons (Fsp3) is 0.231. The van der Waals surface area contributed by atoms with Crippen LogP contribution < -0.4 is 5.56 Å². The summed E-state index contributed by atoms with van der Waals surface area (Å²) >= 11 is 3.39. The van der Waals surface area contributed by atoms with E-state index in [-0.39, 0.29) is 5.56 Å². The zero-order valence-corrected chi connectivity index (χ0v) is 11.4. The Morgan fingerprint density at radius 1 is 1.35 bits per heavy atom. The zero-order valence-electron chi connectivity index (χ0n) is 9.77. The molecule has 3 nitrogen and oxygen atoms in total. The highest BCUT2D eigenvalue weighted by Crippen LogP contribution is 2.09. The van der Waals surface area contributed by atoms with Crippen molar-refractivity contribution in [3.05, 3.63) is 62.2 Å². The molecule has 0 saturated heterocycles. The molecule has 0 bridgehead atoms. The van der Waals surface area contributed by atoms with E-state index in [9.17, 15) is 4.79 Å². The molecule has 2 aromatic heterocycles. The van der Waals surface area contributed by atoms with Gasteiger partial charge in [0.15, 0.2) is 0 Å². The first-order chi connectivity index (χ1) is 8.06. The van der Waals surface area contributed by atoms with Gasteiger partial charge in [-0.3, -0.25) is 9.78 Å². The average Bonchev–Trinajstić information content (AvgIpc) is 2.25. The van der Waals surface area contributed by atoms with Crippen molar-refractivity contribution < 1.29 is 0 Å². The summed E-state index contributed by atoms with van der Waals surface area (Å²) in [6, 6.07) is 7.64. The van der Waals surface area contributed by atoms with Crippen molar-refractivity contribution in [3.8, 4) is 0 Å². The van der Waals surface area contributed by atoms with Gasteiger partial charge >= 0.3 is 0 Å². The van der Waals surface area contributed by atoms with Gasteiger partial charge in [0.2, 0.25) is 0 Å². The molecule has 0 aliphatic rings. The summed E-state index contributed by atoms with van der Waals surface area (Å²) in [5.74, 6) is 0. The Morgan fingerprint density at radius 2 is 2.12 bits per heavy atom. The van der Waals surface area contributed by atoms with Crippen LogP contribution >= 0.6 is 15.9 Å². The molecular weight excluding hydrogens is 280 g/mol. The van der Waals surface area contributed by atoms with Crippen molar-refractivity contribution in [2.24, 2.45) is 0 Å². The third-order valence-corrected chi connectivity index (χ3v) is 2.94. The average molecular weight is 293 g/mol. The van der Waals surface area contributed by atoms with Crippen molar-refractivity contribution in [3.63, 3.8) is 0 Å². The molecule has 0 atom stereocenters. The number of pyridine rings is 2. The Morgan fingerprint density at radius 3 is 2.82 bits per heavy atom. The summed E-state index contributed by atoms with van der Waals surface area (Å²) < 4.78 is 2.57. The third-order valence-electron chi connectivity index (χ3n) is 2.51. The second kappa shape index (κ2) is 4.84. The maximum absolute atomic E-state index is 11.9. The van der Waals surface area contributed by atoms with Gasteiger partial charge < -0.3 is 4.57 Å². The number of rotatable bonds is 2. The molecule has 0 spiro atoms. The van der Waals surface area contributed by atoms with Crippen LogP contribution in [0.5, 0.6) is 0 Å². The lowest BCUT2D eigenvalue weighted by molar-refractivity contribution is 0.728. The molecule has 17 heavy (non-hydrogen) atoms. The molecule has 88 valence electrons. The van der Waals surface area contributed by atoms with Gasteiger partial charge in [-0.05, 0) is 48.0 Å². The molecule has 0 unspecified atom stereocenters. The molecule has 0 radical (unpaired) electrons. The smallest absolute Gasteiger partial charge is 0.253 e. The fourth-order valence-corrected chi connectivity index (χ4v) is 2.31. The van der Waals surface area contributed by atoms with Gasteiger partial charge in [-0.1, -0.05) is 6.07 Å². The Bertz CT molecular complexity index is 605. The topological polar surface area (TPSA) is 34.9 Å². The van der Waals surface area contributed by atoms with Crippen molar-refractivity contribution in [2.75, 3.05) is 0 Å². The normalized spacial score (nSPS) is 10.5. The number of nitrogens with zero attached hydrogens (tertiary/aromatic N) is 2. The highest BCUT2D eigenvalue weighted by molar-refractivity contribution is 9.10. The van der Waals surface area contributed by atoms with E-state index in [1.54, 1.807) is 10.8 Å². The molecular formula is C13H13BrN2O. The van der Waals surface area contributed by atoms with E-state index < -0.39 is 0 Å². The second-order valence-corrected chi connectivity index (χ2v) is 4.96. The molecule has 0 aliphatic carbocycles. The quantitative estimate of drug-likeness (QED) is 0.853. The molecule has 2 aromatic rings. The van der Waals surface area contributed by atoms with Crippen LogP contribution in [-0.2, 0) is 6.54 Å². The molecule has 0 fully saturated rings. The molecule has 0 aromatic carbocycles. The molecule has 0 saturated carbocycles. The Hall–Kier alpha value is -1.42. The summed E-state index contributed by atoms with van der Waals surface area (Å²) in [7, 11) is 0. The monoisotopic (exact) mass is 292 g/mol. The summed E-state index contributed by atoms with van der Waals surface area (Å²) in [6.07, 6.45) is 1.79. The standard InChI is InChI=1S/C13H13BrN2O/c1-9-6-11(14)7-16(13(9)17)8-12-5-3-4-10(2)15-12/h3-7H,8H2,1-2H3. The van der Waals surface area contributed by atoms with E-state index in [0.29, 0.717) is 6.54 Å². The Balaban J connectivity index is 2.40. The number of halogens is 1. The van der Waals surface area contributed by atoms with Gasteiger partial charge in [0.1, 0.15) is 0 Å². The van der Waals surface area contributed by atoms with Gasteiger partial charge in [-0.15, -0.1) is 0 Å². The lowest BCUT2D eigenvalue weighted by Gasteiger charge is -2.07. The number of aryl methyl sites for hydroxylation is 2. The molecule has 0 N–H and O–H groups in total. The van der Waals surface area contributed by atoms with Crippen molar-refractivity contribution in [1.82, 2.24) is 9.55 Å². The van der Waals surface area contributed by atoms with Crippen LogP contribution in [0.25, 0.3) is 0 Å². The summed E-state index contributed by atoms with van der Waals surface area (Å²) in [6.45, 7) is 4.26. The fourth-order valence-electron chi connectivity index (χ4n) is 1.72. The number of hydrogen-bond donors (Lipinski definition) is 0.